The van der Waals surface area contributed by atoms with Gasteiger partial charge in [0.1, 0.15) is 0 Å². The summed E-state index contributed by atoms with van der Waals surface area (Å²) in [7, 11) is 0. The summed E-state index contributed by atoms with van der Waals surface area (Å²) in [6.07, 6.45) is 1.26. The van der Waals surface area contributed by atoms with Crippen LogP contribution in [0.15, 0.2) is 42.5 Å². The molecule has 1 aromatic rings. The number of hydrogen-bond donors (Lipinski definition) is 1. The third-order valence-electron chi connectivity index (χ3n) is 1.77. The first kappa shape index (κ1) is 12.6. The van der Waals surface area contributed by atoms with E-state index in [0.29, 0.717) is 17.7 Å². The zero-order valence-corrected chi connectivity index (χ0v) is 8.83. The SMILES string of the molecule is O=C(O)/C=C\C(=O)OC(=O)Cc1ccccc1. The van der Waals surface area contributed by atoms with Gasteiger partial charge in [-0.3, -0.25) is 4.79 Å². The van der Waals surface area contributed by atoms with Gasteiger partial charge in [-0.1, -0.05) is 30.3 Å². The Morgan fingerprint density at radius 1 is 1.12 bits per heavy atom. The van der Waals surface area contributed by atoms with Crippen molar-refractivity contribution in [1.29, 1.82) is 0 Å². The summed E-state index contributed by atoms with van der Waals surface area (Å²) in [5.74, 6) is -3.00. The van der Waals surface area contributed by atoms with Gasteiger partial charge in [0, 0.05) is 12.2 Å². The van der Waals surface area contributed by atoms with Crippen molar-refractivity contribution in [2.75, 3.05) is 0 Å². The fraction of sp³-hybridized carbons (Fsp3) is 0.0833. The maximum atomic E-state index is 11.2. The standard InChI is InChI=1S/C12H10O5/c13-10(14)6-7-11(15)17-12(16)8-9-4-2-1-3-5-9/h1-7H,8H2,(H,13,14)/b7-6-. The van der Waals surface area contributed by atoms with E-state index in [1.54, 1.807) is 30.3 Å². The van der Waals surface area contributed by atoms with E-state index in [9.17, 15) is 14.4 Å². The average molecular weight is 234 g/mol. The van der Waals surface area contributed by atoms with Gasteiger partial charge < -0.3 is 9.84 Å². The minimum absolute atomic E-state index is 0.0342. The summed E-state index contributed by atoms with van der Waals surface area (Å²) in [5, 5.41) is 8.25. The molecule has 5 nitrogen and oxygen atoms in total. The van der Waals surface area contributed by atoms with Crippen LogP contribution in [-0.2, 0) is 25.5 Å². The predicted molar refractivity (Wildman–Crippen MR) is 58.0 cm³/mol. The van der Waals surface area contributed by atoms with Crippen LogP contribution in [0, 0.1) is 0 Å². The third kappa shape index (κ3) is 5.27. The van der Waals surface area contributed by atoms with Crippen molar-refractivity contribution in [3.63, 3.8) is 0 Å². The number of esters is 2. The van der Waals surface area contributed by atoms with Crippen LogP contribution in [0.3, 0.4) is 0 Å². The van der Waals surface area contributed by atoms with Crippen molar-refractivity contribution in [3.8, 4) is 0 Å². The lowest BCUT2D eigenvalue weighted by Crippen LogP contribution is -2.12. The van der Waals surface area contributed by atoms with Crippen molar-refractivity contribution in [3.05, 3.63) is 48.0 Å². The predicted octanol–water partition coefficient (Wildman–Crippen LogP) is 0.940. The molecule has 0 spiro atoms. The minimum atomic E-state index is -1.28. The Hall–Kier alpha value is -2.43. The second-order valence-electron chi connectivity index (χ2n) is 3.13. The zero-order chi connectivity index (χ0) is 12.7. The van der Waals surface area contributed by atoms with E-state index in [4.69, 9.17) is 5.11 Å². The number of rotatable bonds is 4. The van der Waals surface area contributed by atoms with Crippen molar-refractivity contribution in [2.45, 2.75) is 6.42 Å². The van der Waals surface area contributed by atoms with E-state index >= 15 is 0 Å². The average Bonchev–Trinajstić information content (AvgIpc) is 2.27. The van der Waals surface area contributed by atoms with Gasteiger partial charge in [0.05, 0.1) is 6.42 Å². The highest BCUT2D eigenvalue weighted by Gasteiger charge is 2.08. The van der Waals surface area contributed by atoms with Gasteiger partial charge in [0.25, 0.3) is 0 Å². The van der Waals surface area contributed by atoms with Gasteiger partial charge in [-0.15, -0.1) is 0 Å². The van der Waals surface area contributed by atoms with E-state index in [-0.39, 0.29) is 6.42 Å². The second kappa shape index (κ2) is 6.22. The molecule has 0 fully saturated rings. The van der Waals surface area contributed by atoms with Crippen LogP contribution in [0.25, 0.3) is 0 Å². The highest BCUT2D eigenvalue weighted by Crippen LogP contribution is 2.01. The first-order valence-corrected chi connectivity index (χ1v) is 4.77. The number of carboxylic acid groups (broad SMARTS) is 1. The van der Waals surface area contributed by atoms with E-state index in [0.717, 1.165) is 0 Å². The van der Waals surface area contributed by atoms with Crippen molar-refractivity contribution >= 4 is 17.9 Å². The van der Waals surface area contributed by atoms with Crippen LogP contribution in [-0.4, -0.2) is 23.0 Å². The number of aliphatic carboxylic acids is 1. The highest BCUT2D eigenvalue weighted by atomic mass is 16.6. The molecule has 0 heterocycles. The van der Waals surface area contributed by atoms with Crippen molar-refractivity contribution in [2.24, 2.45) is 0 Å². The van der Waals surface area contributed by atoms with E-state index in [2.05, 4.69) is 4.74 Å². The van der Waals surface area contributed by atoms with Crippen LogP contribution >= 0.6 is 0 Å². The molecule has 0 radical (unpaired) electrons. The maximum Gasteiger partial charge on any atom is 0.338 e. The van der Waals surface area contributed by atoms with Crippen LogP contribution in [0.2, 0.25) is 0 Å². The lowest BCUT2D eigenvalue weighted by Gasteiger charge is -1.99. The molecule has 0 unspecified atom stereocenters. The van der Waals surface area contributed by atoms with Gasteiger partial charge in [-0.25, -0.2) is 9.59 Å². The largest absolute Gasteiger partial charge is 0.478 e. The fourth-order valence-corrected chi connectivity index (χ4v) is 1.08. The molecule has 1 aromatic carbocycles. The van der Waals surface area contributed by atoms with E-state index < -0.39 is 17.9 Å². The molecule has 1 rings (SSSR count). The number of carbonyl (C=O) groups is 3. The summed E-state index contributed by atoms with van der Waals surface area (Å²) >= 11 is 0. The van der Waals surface area contributed by atoms with Gasteiger partial charge in [0.15, 0.2) is 0 Å². The zero-order valence-electron chi connectivity index (χ0n) is 8.83. The Morgan fingerprint density at radius 3 is 2.35 bits per heavy atom. The Labute approximate surface area is 97.3 Å². The Balaban J connectivity index is 2.45. The summed E-state index contributed by atoms with van der Waals surface area (Å²) < 4.78 is 4.38. The minimum Gasteiger partial charge on any atom is -0.478 e. The monoisotopic (exact) mass is 234 g/mol. The summed E-state index contributed by atoms with van der Waals surface area (Å²) in [6.45, 7) is 0. The second-order valence-corrected chi connectivity index (χ2v) is 3.13. The number of benzene rings is 1. The van der Waals surface area contributed by atoms with E-state index in [1.165, 1.54) is 0 Å². The number of ether oxygens (including phenoxy) is 1. The molecule has 17 heavy (non-hydrogen) atoms. The molecule has 88 valence electrons. The molecule has 0 saturated carbocycles. The fourth-order valence-electron chi connectivity index (χ4n) is 1.08. The first-order chi connectivity index (χ1) is 8.08. The normalized spacial score (nSPS) is 10.1. The molecule has 0 saturated heterocycles. The molecule has 0 atom stereocenters. The molecule has 0 bridgehead atoms. The first-order valence-electron chi connectivity index (χ1n) is 4.77. The summed E-state index contributed by atoms with van der Waals surface area (Å²) in [4.78, 5) is 32.3. The molecular formula is C12H10O5. The number of carbonyl (C=O) groups excluding carboxylic acids is 2. The molecule has 0 aliphatic carbocycles. The Bertz CT molecular complexity index is 447. The molecule has 1 N–H and O–H groups in total. The lowest BCUT2D eigenvalue weighted by atomic mass is 10.2. The van der Waals surface area contributed by atoms with Crippen molar-refractivity contribution < 1.29 is 24.2 Å². The smallest absolute Gasteiger partial charge is 0.338 e. The van der Waals surface area contributed by atoms with Crippen molar-refractivity contribution in [1.82, 2.24) is 0 Å². The van der Waals surface area contributed by atoms with Crippen LogP contribution in [0.1, 0.15) is 5.56 Å². The Kier molecular flexibility index (Phi) is 4.62. The highest BCUT2D eigenvalue weighted by molar-refractivity contribution is 5.96. The molecule has 5 heteroatoms. The molecule has 0 aromatic heterocycles. The van der Waals surface area contributed by atoms with E-state index in [1.807, 2.05) is 0 Å². The summed E-state index contributed by atoms with van der Waals surface area (Å²) in [5.41, 5.74) is 0.715. The van der Waals surface area contributed by atoms with Crippen LogP contribution in [0.4, 0.5) is 0 Å². The molecular weight excluding hydrogens is 224 g/mol. The Morgan fingerprint density at radius 2 is 1.76 bits per heavy atom. The topological polar surface area (TPSA) is 80.7 Å². The van der Waals surface area contributed by atoms with Gasteiger partial charge in [-0.05, 0) is 5.56 Å². The van der Waals surface area contributed by atoms with Gasteiger partial charge >= 0.3 is 17.9 Å². The van der Waals surface area contributed by atoms with Crippen LogP contribution in [0.5, 0.6) is 0 Å². The van der Waals surface area contributed by atoms with Gasteiger partial charge in [-0.2, -0.15) is 0 Å². The maximum absolute atomic E-state index is 11.2. The van der Waals surface area contributed by atoms with Crippen LogP contribution < -0.4 is 0 Å². The summed E-state index contributed by atoms with van der Waals surface area (Å²) in [6, 6.07) is 8.76. The number of hydrogen-bond acceptors (Lipinski definition) is 4. The lowest BCUT2D eigenvalue weighted by molar-refractivity contribution is -0.155. The third-order valence-corrected chi connectivity index (χ3v) is 1.77. The number of carboxylic acids is 1. The van der Waals surface area contributed by atoms with Gasteiger partial charge in [0.2, 0.25) is 0 Å². The molecule has 0 amide bonds. The molecule has 0 aliphatic heterocycles. The quantitative estimate of drug-likeness (QED) is 0.476. The molecule has 0 aliphatic rings.